The number of piperazine rings is 1. The van der Waals surface area contributed by atoms with Gasteiger partial charge in [-0.05, 0) is 35.9 Å². The lowest BCUT2D eigenvalue weighted by molar-refractivity contribution is -0.147. The van der Waals surface area contributed by atoms with E-state index in [9.17, 15) is 4.79 Å². The summed E-state index contributed by atoms with van der Waals surface area (Å²) in [5.74, 6) is 0.607. The molecule has 0 saturated carbocycles. The van der Waals surface area contributed by atoms with Crippen LogP contribution in [-0.4, -0.2) is 54.1 Å². The zero-order valence-corrected chi connectivity index (χ0v) is 17.4. The SMILES string of the molecule is COC(=O)[C@@H](c1ccc(Cl)cc1)N1CCN(c2ncnc3cc(Cl)ccc23)CC1. The molecule has 0 N–H and O–H groups in total. The zero-order valence-electron chi connectivity index (χ0n) is 15.9. The minimum Gasteiger partial charge on any atom is -0.468 e. The molecule has 0 amide bonds. The molecule has 6 nitrogen and oxygen atoms in total. The fraction of sp³-hybridized carbons (Fsp3) is 0.286. The average molecular weight is 431 g/mol. The van der Waals surface area contributed by atoms with Crippen LogP contribution in [0.4, 0.5) is 5.82 Å². The van der Waals surface area contributed by atoms with E-state index < -0.39 is 6.04 Å². The molecular formula is C21H20Cl2N4O2. The van der Waals surface area contributed by atoms with E-state index in [4.69, 9.17) is 27.9 Å². The van der Waals surface area contributed by atoms with Crippen LogP contribution in [0.2, 0.25) is 10.0 Å². The number of hydrogen-bond donors (Lipinski definition) is 0. The van der Waals surface area contributed by atoms with E-state index in [2.05, 4.69) is 19.8 Å². The number of esters is 1. The number of ether oxygens (including phenoxy) is 1. The molecule has 0 spiro atoms. The lowest BCUT2D eigenvalue weighted by Crippen LogP contribution is -2.49. The third-order valence-electron chi connectivity index (χ3n) is 5.17. The maximum Gasteiger partial charge on any atom is 0.327 e. The molecule has 1 atom stereocenters. The van der Waals surface area contributed by atoms with Crippen molar-refractivity contribution in [2.45, 2.75) is 6.04 Å². The van der Waals surface area contributed by atoms with E-state index in [0.29, 0.717) is 23.1 Å². The Morgan fingerprint density at radius 2 is 1.69 bits per heavy atom. The number of carbonyl (C=O) groups excluding carboxylic acids is 1. The largest absolute Gasteiger partial charge is 0.468 e. The van der Waals surface area contributed by atoms with Crippen LogP contribution < -0.4 is 4.90 Å². The third kappa shape index (κ3) is 4.15. The fourth-order valence-corrected chi connectivity index (χ4v) is 4.00. The predicted octanol–water partition coefficient (Wildman–Crippen LogP) is 3.97. The van der Waals surface area contributed by atoms with Crippen LogP contribution in [0.5, 0.6) is 0 Å². The van der Waals surface area contributed by atoms with Crippen molar-refractivity contribution in [2.75, 3.05) is 38.2 Å². The van der Waals surface area contributed by atoms with Gasteiger partial charge in [-0.2, -0.15) is 0 Å². The number of methoxy groups -OCH3 is 1. The van der Waals surface area contributed by atoms with Crippen molar-refractivity contribution < 1.29 is 9.53 Å². The maximum absolute atomic E-state index is 12.5. The summed E-state index contributed by atoms with van der Waals surface area (Å²) in [7, 11) is 1.42. The normalized spacial score (nSPS) is 16.0. The number of anilines is 1. The molecule has 4 rings (SSSR count). The lowest BCUT2D eigenvalue weighted by atomic mass is 10.0. The van der Waals surface area contributed by atoms with E-state index in [1.54, 1.807) is 18.5 Å². The fourth-order valence-electron chi connectivity index (χ4n) is 3.71. The standard InChI is InChI=1S/C21H20Cl2N4O2/c1-29-21(28)19(14-2-4-15(22)5-3-14)26-8-10-27(11-9-26)20-17-7-6-16(23)12-18(17)24-13-25-20/h2-7,12-13,19H,8-11H2,1H3/t19-/m1/s1. The van der Waals surface area contributed by atoms with E-state index in [0.717, 1.165) is 35.4 Å². The zero-order chi connectivity index (χ0) is 20.4. The first-order valence-corrected chi connectivity index (χ1v) is 10.0. The van der Waals surface area contributed by atoms with Gasteiger partial charge in [0.05, 0.1) is 12.6 Å². The van der Waals surface area contributed by atoms with E-state index in [-0.39, 0.29) is 5.97 Å². The second kappa shape index (κ2) is 8.53. The van der Waals surface area contributed by atoms with Crippen LogP contribution in [0.25, 0.3) is 10.9 Å². The van der Waals surface area contributed by atoms with Gasteiger partial charge in [0, 0.05) is 41.6 Å². The summed E-state index contributed by atoms with van der Waals surface area (Å²) in [6.45, 7) is 2.86. The first kappa shape index (κ1) is 19.9. The monoisotopic (exact) mass is 430 g/mol. The first-order valence-electron chi connectivity index (χ1n) is 9.29. The van der Waals surface area contributed by atoms with Gasteiger partial charge in [-0.1, -0.05) is 35.3 Å². The average Bonchev–Trinajstić information content (AvgIpc) is 2.75. The highest BCUT2D eigenvalue weighted by Crippen LogP contribution is 2.29. The van der Waals surface area contributed by atoms with Gasteiger partial charge < -0.3 is 9.64 Å². The van der Waals surface area contributed by atoms with Gasteiger partial charge in [-0.15, -0.1) is 0 Å². The summed E-state index contributed by atoms with van der Waals surface area (Å²) in [6, 6.07) is 12.5. The van der Waals surface area contributed by atoms with Crippen LogP contribution in [-0.2, 0) is 9.53 Å². The highest BCUT2D eigenvalue weighted by molar-refractivity contribution is 6.31. The van der Waals surface area contributed by atoms with Gasteiger partial charge in [0.15, 0.2) is 0 Å². The number of hydrogen-bond acceptors (Lipinski definition) is 6. The van der Waals surface area contributed by atoms with Crippen molar-refractivity contribution in [1.82, 2.24) is 14.9 Å². The molecule has 0 radical (unpaired) electrons. The van der Waals surface area contributed by atoms with Gasteiger partial charge in [0.25, 0.3) is 0 Å². The second-order valence-corrected chi connectivity index (χ2v) is 7.73. The number of halogens is 2. The minimum atomic E-state index is -0.458. The third-order valence-corrected chi connectivity index (χ3v) is 5.65. The summed E-state index contributed by atoms with van der Waals surface area (Å²) >= 11 is 12.1. The number of carbonyl (C=O) groups is 1. The molecule has 0 aliphatic carbocycles. The molecule has 150 valence electrons. The van der Waals surface area contributed by atoms with Crippen molar-refractivity contribution in [3.63, 3.8) is 0 Å². The summed E-state index contributed by atoms with van der Waals surface area (Å²) in [4.78, 5) is 25.7. The molecule has 1 aliphatic heterocycles. The van der Waals surface area contributed by atoms with Crippen LogP contribution in [0, 0.1) is 0 Å². The molecule has 3 aromatic rings. The maximum atomic E-state index is 12.5. The van der Waals surface area contributed by atoms with Gasteiger partial charge in [0.1, 0.15) is 18.2 Å². The highest BCUT2D eigenvalue weighted by Gasteiger charge is 2.31. The topological polar surface area (TPSA) is 58.6 Å². The molecule has 1 aliphatic rings. The predicted molar refractivity (Wildman–Crippen MR) is 115 cm³/mol. The first-order chi connectivity index (χ1) is 14.1. The quantitative estimate of drug-likeness (QED) is 0.583. The number of benzene rings is 2. The second-order valence-electron chi connectivity index (χ2n) is 6.86. The Bertz CT molecular complexity index is 1020. The van der Waals surface area contributed by atoms with Gasteiger partial charge in [0.2, 0.25) is 0 Å². The summed E-state index contributed by atoms with van der Waals surface area (Å²) in [5, 5.41) is 2.25. The molecule has 2 aromatic carbocycles. The number of rotatable bonds is 4. The van der Waals surface area contributed by atoms with Gasteiger partial charge in [-0.25, -0.2) is 14.8 Å². The van der Waals surface area contributed by atoms with E-state index in [1.807, 2.05) is 30.3 Å². The Hall–Kier alpha value is -2.41. The molecule has 1 aromatic heterocycles. The highest BCUT2D eigenvalue weighted by atomic mass is 35.5. The lowest BCUT2D eigenvalue weighted by Gasteiger charge is -2.39. The molecule has 0 bridgehead atoms. The number of nitrogens with zero attached hydrogens (tertiary/aromatic N) is 4. The molecule has 2 heterocycles. The molecule has 1 fully saturated rings. The molecule has 8 heteroatoms. The van der Waals surface area contributed by atoms with Crippen LogP contribution in [0.1, 0.15) is 11.6 Å². The number of aromatic nitrogens is 2. The van der Waals surface area contributed by atoms with Gasteiger partial charge >= 0.3 is 5.97 Å². The molecular weight excluding hydrogens is 411 g/mol. The smallest absolute Gasteiger partial charge is 0.327 e. The Kier molecular flexibility index (Phi) is 5.85. The van der Waals surface area contributed by atoms with Crippen molar-refractivity contribution in [2.24, 2.45) is 0 Å². The van der Waals surface area contributed by atoms with Crippen molar-refractivity contribution in [1.29, 1.82) is 0 Å². The molecule has 0 unspecified atom stereocenters. The van der Waals surface area contributed by atoms with Crippen LogP contribution >= 0.6 is 23.2 Å². The minimum absolute atomic E-state index is 0.275. The van der Waals surface area contributed by atoms with Crippen molar-refractivity contribution >= 4 is 45.9 Å². The summed E-state index contributed by atoms with van der Waals surface area (Å²) in [6.07, 6.45) is 1.56. The van der Waals surface area contributed by atoms with Crippen molar-refractivity contribution in [3.8, 4) is 0 Å². The molecule has 29 heavy (non-hydrogen) atoms. The van der Waals surface area contributed by atoms with Crippen LogP contribution in [0.3, 0.4) is 0 Å². The Morgan fingerprint density at radius 3 is 2.38 bits per heavy atom. The Balaban J connectivity index is 1.55. The molecule has 1 saturated heterocycles. The van der Waals surface area contributed by atoms with E-state index >= 15 is 0 Å². The summed E-state index contributed by atoms with van der Waals surface area (Å²) < 4.78 is 5.07. The Labute approximate surface area is 179 Å². The Morgan fingerprint density at radius 1 is 1.00 bits per heavy atom. The van der Waals surface area contributed by atoms with Gasteiger partial charge in [-0.3, -0.25) is 4.90 Å². The summed E-state index contributed by atoms with van der Waals surface area (Å²) in [5.41, 5.74) is 1.69. The van der Waals surface area contributed by atoms with Crippen molar-refractivity contribution in [3.05, 3.63) is 64.4 Å². The van der Waals surface area contributed by atoms with Crippen LogP contribution in [0.15, 0.2) is 48.8 Å². The van der Waals surface area contributed by atoms with E-state index in [1.165, 1.54) is 7.11 Å². The number of fused-ring (bicyclic) bond motifs is 1.